The highest BCUT2D eigenvalue weighted by atomic mass is 15.1. The molecule has 4 nitrogen and oxygen atoms in total. The van der Waals surface area contributed by atoms with Gasteiger partial charge in [-0.2, -0.15) is 0 Å². The molecular weight excluding hydrogens is 801 g/mol. The number of aromatic nitrogens is 3. The summed E-state index contributed by atoms with van der Waals surface area (Å²) in [4.78, 5) is 18.1. The molecule has 0 aliphatic heterocycles. The molecule has 66 heavy (non-hydrogen) atoms. The standard InChI is InChI=1S/C62H44N4/c1-41-22-32-52(33-23-41)66(53-34-24-42(2)25-35-53)54-36-30-50(31-37-54)62(57-20-9-7-18-55(57)56-19-8-10-21-58(56)62)51-17-11-16-47(40-51)59-63-60(48-28-26-43-12-3-5-14-45(43)38-48)65-61(64-59)49-29-27-44-13-4-6-15-46(44)39-49/h3-40H,1-2H3. The van der Waals surface area contributed by atoms with Crippen LogP contribution in [0.3, 0.4) is 0 Å². The number of nitrogens with zero attached hydrogens (tertiary/aromatic N) is 4. The predicted octanol–water partition coefficient (Wildman–Crippen LogP) is 15.6. The second-order valence-electron chi connectivity index (χ2n) is 17.4. The third kappa shape index (κ3) is 6.65. The molecule has 12 rings (SSSR count). The number of rotatable bonds is 8. The van der Waals surface area contributed by atoms with Crippen molar-refractivity contribution >= 4 is 38.6 Å². The fourth-order valence-electron chi connectivity index (χ4n) is 10.0. The summed E-state index contributed by atoms with van der Waals surface area (Å²) in [6, 6.07) is 83.2. The highest BCUT2D eigenvalue weighted by Gasteiger charge is 2.46. The summed E-state index contributed by atoms with van der Waals surface area (Å²) in [5, 5.41) is 4.62. The van der Waals surface area contributed by atoms with Gasteiger partial charge in [0.1, 0.15) is 0 Å². The van der Waals surface area contributed by atoms with E-state index in [9.17, 15) is 0 Å². The lowest BCUT2D eigenvalue weighted by Gasteiger charge is -2.34. The normalized spacial score (nSPS) is 12.5. The van der Waals surface area contributed by atoms with Gasteiger partial charge in [-0.15, -0.1) is 0 Å². The summed E-state index contributed by atoms with van der Waals surface area (Å²) in [5.41, 5.74) is 15.2. The molecule has 312 valence electrons. The van der Waals surface area contributed by atoms with Gasteiger partial charge in [-0.05, 0) is 123 Å². The van der Waals surface area contributed by atoms with E-state index in [4.69, 9.17) is 15.0 Å². The van der Waals surface area contributed by atoms with Gasteiger partial charge in [-0.3, -0.25) is 0 Å². The van der Waals surface area contributed by atoms with Gasteiger partial charge in [0.25, 0.3) is 0 Å². The van der Waals surface area contributed by atoms with Gasteiger partial charge in [0.05, 0.1) is 5.41 Å². The number of hydrogen-bond donors (Lipinski definition) is 0. The van der Waals surface area contributed by atoms with E-state index in [1.54, 1.807) is 0 Å². The maximum atomic E-state index is 5.29. The van der Waals surface area contributed by atoms with Crippen LogP contribution in [0.5, 0.6) is 0 Å². The van der Waals surface area contributed by atoms with Gasteiger partial charge < -0.3 is 4.90 Å². The molecule has 10 aromatic carbocycles. The SMILES string of the molecule is Cc1ccc(N(c2ccc(C)cc2)c2ccc(C3(c4cccc(-c5nc(-c6ccc7ccccc7c6)nc(-c6ccc7ccccc7c6)n5)c4)c4ccccc4-c4ccccc43)cc2)cc1. The van der Waals surface area contributed by atoms with Gasteiger partial charge in [0.2, 0.25) is 0 Å². The largest absolute Gasteiger partial charge is 0.311 e. The Morgan fingerprint density at radius 1 is 0.318 bits per heavy atom. The Kier molecular flexibility index (Phi) is 9.46. The van der Waals surface area contributed by atoms with Crippen molar-refractivity contribution < 1.29 is 0 Å². The minimum atomic E-state index is -0.643. The Balaban J connectivity index is 1.05. The molecular formula is C62H44N4. The van der Waals surface area contributed by atoms with Crippen LogP contribution in [0.25, 0.3) is 66.8 Å². The van der Waals surface area contributed by atoms with Crippen LogP contribution in [0.15, 0.2) is 231 Å². The zero-order valence-corrected chi connectivity index (χ0v) is 36.7. The van der Waals surface area contributed by atoms with Crippen LogP contribution < -0.4 is 4.90 Å². The minimum absolute atomic E-state index is 0.620. The van der Waals surface area contributed by atoms with Crippen LogP contribution in [-0.2, 0) is 5.41 Å². The van der Waals surface area contributed by atoms with Crippen LogP contribution in [0.2, 0.25) is 0 Å². The summed E-state index contributed by atoms with van der Waals surface area (Å²) in [6.07, 6.45) is 0. The lowest BCUT2D eigenvalue weighted by molar-refractivity contribution is 0.768. The summed E-state index contributed by atoms with van der Waals surface area (Å²) in [6.45, 7) is 4.27. The lowest BCUT2D eigenvalue weighted by atomic mass is 9.67. The second-order valence-corrected chi connectivity index (χ2v) is 17.4. The topological polar surface area (TPSA) is 41.9 Å². The highest BCUT2D eigenvalue weighted by Crippen LogP contribution is 2.56. The zero-order chi connectivity index (χ0) is 44.2. The number of anilines is 3. The Morgan fingerprint density at radius 2 is 0.727 bits per heavy atom. The van der Waals surface area contributed by atoms with E-state index in [-0.39, 0.29) is 0 Å². The summed E-state index contributed by atoms with van der Waals surface area (Å²) in [7, 11) is 0. The molecule has 4 heteroatoms. The van der Waals surface area contributed by atoms with Gasteiger partial charge in [-0.1, -0.05) is 187 Å². The van der Waals surface area contributed by atoms with Gasteiger partial charge in [0, 0.05) is 33.8 Å². The Labute approximate surface area is 385 Å². The molecule has 0 amide bonds. The van der Waals surface area contributed by atoms with Crippen molar-refractivity contribution in [1.82, 2.24) is 15.0 Å². The molecule has 0 atom stereocenters. The summed E-state index contributed by atoms with van der Waals surface area (Å²) >= 11 is 0. The molecule has 11 aromatic rings. The van der Waals surface area contributed by atoms with Crippen molar-refractivity contribution in [3.63, 3.8) is 0 Å². The van der Waals surface area contributed by atoms with Gasteiger partial charge in [-0.25, -0.2) is 15.0 Å². The van der Waals surface area contributed by atoms with Crippen molar-refractivity contribution in [2.45, 2.75) is 19.3 Å². The molecule has 0 N–H and O–H groups in total. The molecule has 0 bridgehead atoms. The van der Waals surface area contributed by atoms with Crippen LogP contribution in [-0.4, -0.2) is 15.0 Å². The third-order valence-electron chi connectivity index (χ3n) is 13.3. The maximum Gasteiger partial charge on any atom is 0.164 e. The highest BCUT2D eigenvalue weighted by molar-refractivity contribution is 5.90. The molecule has 0 saturated heterocycles. The monoisotopic (exact) mass is 844 g/mol. The number of benzene rings is 10. The predicted molar refractivity (Wildman–Crippen MR) is 273 cm³/mol. The minimum Gasteiger partial charge on any atom is -0.311 e. The Hall–Kier alpha value is -8.47. The number of aryl methyl sites for hydroxylation is 2. The molecule has 0 radical (unpaired) electrons. The molecule has 0 spiro atoms. The first-order valence-electron chi connectivity index (χ1n) is 22.6. The van der Waals surface area contributed by atoms with E-state index in [0.29, 0.717) is 17.5 Å². The van der Waals surface area contributed by atoms with Crippen molar-refractivity contribution in [3.8, 4) is 45.3 Å². The van der Waals surface area contributed by atoms with Crippen LogP contribution in [0, 0.1) is 13.8 Å². The molecule has 0 unspecified atom stereocenters. The van der Waals surface area contributed by atoms with Crippen molar-refractivity contribution in [2.24, 2.45) is 0 Å². The van der Waals surface area contributed by atoms with E-state index in [2.05, 4.69) is 249 Å². The van der Waals surface area contributed by atoms with Crippen molar-refractivity contribution in [1.29, 1.82) is 0 Å². The molecule has 1 aromatic heterocycles. The van der Waals surface area contributed by atoms with Crippen molar-refractivity contribution in [2.75, 3.05) is 4.90 Å². The van der Waals surface area contributed by atoms with E-state index in [0.717, 1.165) is 50.1 Å². The summed E-state index contributed by atoms with van der Waals surface area (Å²) < 4.78 is 0. The number of hydrogen-bond acceptors (Lipinski definition) is 4. The van der Waals surface area contributed by atoms with E-state index >= 15 is 0 Å². The average Bonchev–Trinajstić information content (AvgIpc) is 3.68. The van der Waals surface area contributed by atoms with Crippen LogP contribution >= 0.6 is 0 Å². The van der Waals surface area contributed by atoms with Crippen LogP contribution in [0.1, 0.15) is 33.4 Å². The summed E-state index contributed by atoms with van der Waals surface area (Å²) in [5.74, 6) is 1.89. The lowest BCUT2D eigenvalue weighted by Crippen LogP contribution is -2.28. The van der Waals surface area contributed by atoms with Crippen LogP contribution in [0.4, 0.5) is 17.1 Å². The fraction of sp³-hybridized carbons (Fsp3) is 0.0484. The maximum absolute atomic E-state index is 5.29. The molecule has 1 aliphatic rings. The molecule has 0 fully saturated rings. The fourth-order valence-corrected chi connectivity index (χ4v) is 10.0. The van der Waals surface area contributed by atoms with E-state index in [1.165, 1.54) is 49.7 Å². The Morgan fingerprint density at radius 3 is 1.21 bits per heavy atom. The van der Waals surface area contributed by atoms with Gasteiger partial charge >= 0.3 is 0 Å². The first-order valence-corrected chi connectivity index (χ1v) is 22.6. The van der Waals surface area contributed by atoms with E-state index < -0.39 is 5.41 Å². The Bertz CT molecular complexity index is 3420. The second kappa shape index (κ2) is 16.0. The van der Waals surface area contributed by atoms with Crippen molar-refractivity contribution in [3.05, 3.63) is 264 Å². The molecule has 1 heterocycles. The smallest absolute Gasteiger partial charge is 0.164 e. The first-order chi connectivity index (χ1) is 32.5. The average molecular weight is 845 g/mol. The molecule has 1 aliphatic carbocycles. The number of fused-ring (bicyclic) bond motifs is 5. The van der Waals surface area contributed by atoms with E-state index in [1.807, 2.05) is 0 Å². The molecule has 0 saturated carbocycles. The first kappa shape index (κ1) is 39.1. The third-order valence-corrected chi connectivity index (χ3v) is 13.3. The van der Waals surface area contributed by atoms with Gasteiger partial charge in [0.15, 0.2) is 17.5 Å². The zero-order valence-electron chi connectivity index (χ0n) is 36.7. The quantitative estimate of drug-likeness (QED) is 0.153.